The summed E-state index contributed by atoms with van der Waals surface area (Å²) in [6.07, 6.45) is 0. The third-order valence-corrected chi connectivity index (χ3v) is 4.01. The third kappa shape index (κ3) is 4.29. The fraction of sp³-hybridized carbons (Fsp3) is 0.438. The van der Waals surface area contributed by atoms with Crippen molar-refractivity contribution in [1.82, 2.24) is 20.4 Å². The van der Waals surface area contributed by atoms with Crippen LogP contribution in [-0.4, -0.2) is 66.9 Å². The van der Waals surface area contributed by atoms with E-state index in [1.807, 2.05) is 23.1 Å². The minimum absolute atomic E-state index is 0.00714. The first-order chi connectivity index (χ1) is 11.0. The summed E-state index contributed by atoms with van der Waals surface area (Å²) in [4.78, 5) is 39.3. The molecule has 1 aromatic rings. The largest absolute Gasteiger partial charge is 0.341 e. The molecule has 1 heterocycles. The molecule has 0 saturated carbocycles. The summed E-state index contributed by atoms with van der Waals surface area (Å²) < 4.78 is 0. The maximum Gasteiger partial charge on any atom is 0.321 e. The number of nitrogens with one attached hydrogen (secondary N) is 2. The van der Waals surface area contributed by atoms with Gasteiger partial charge in [-0.3, -0.25) is 19.8 Å². The molecule has 2 rings (SSSR count). The van der Waals surface area contributed by atoms with Crippen molar-refractivity contribution in [3.05, 3.63) is 35.9 Å². The van der Waals surface area contributed by atoms with Crippen LogP contribution in [0.3, 0.4) is 0 Å². The van der Waals surface area contributed by atoms with Gasteiger partial charge in [0.15, 0.2) is 0 Å². The first kappa shape index (κ1) is 17.0. The molecule has 7 nitrogen and oxygen atoms in total. The molecule has 1 aromatic carbocycles. The van der Waals surface area contributed by atoms with E-state index in [0.717, 1.165) is 0 Å². The average molecular weight is 318 g/mol. The Morgan fingerprint density at radius 3 is 2.22 bits per heavy atom. The molecule has 2 N–H and O–H groups in total. The number of amides is 4. The summed E-state index contributed by atoms with van der Waals surface area (Å²) in [5.41, 5.74) is 0.673. The maximum atomic E-state index is 12.4. The van der Waals surface area contributed by atoms with Crippen LogP contribution in [0.25, 0.3) is 0 Å². The van der Waals surface area contributed by atoms with Crippen molar-refractivity contribution < 1.29 is 14.4 Å². The van der Waals surface area contributed by atoms with Gasteiger partial charge in [0, 0.05) is 38.8 Å². The second-order valence-corrected chi connectivity index (χ2v) is 5.44. The molecule has 1 saturated heterocycles. The zero-order valence-corrected chi connectivity index (χ0v) is 13.4. The lowest BCUT2D eigenvalue weighted by molar-refractivity contribution is -0.125. The van der Waals surface area contributed by atoms with Crippen LogP contribution in [0.1, 0.15) is 17.3 Å². The number of imide groups is 1. The Hall–Kier alpha value is -2.41. The molecule has 0 spiro atoms. The third-order valence-electron chi connectivity index (χ3n) is 4.01. The molecule has 23 heavy (non-hydrogen) atoms. The van der Waals surface area contributed by atoms with Gasteiger partial charge in [0.1, 0.15) is 0 Å². The van der Waals surface area contributed by atoms with Gasteiger partial charge in [0.2, 0.25) is 5.91 Å². The smallest absolute Gasteiger partial charge is 0.321 e. The van der Waals surface area contributed by atoms with Crippen LogP contribution in [0.4, 0.5) is 4.79 Å². The number of benzene rings is 1. The predicted octanol–water partition coefficient (Wildman–Crippen LogP) is 0.289. The van der Waals surface area contributed by atoms with Crippen molar-refractivity contribution in [3.63, 3.8) is 0 Å². The topological polar surface area (TPSA) is 81.8 Å². The van der Waals surface area contributed by atoms with Crippen LogP contribution in [0.2, 0.25) is 0 Å². The van der Waals surface area contributed by atoms with Crippen molar-refractivity contribution >= 4 is 17.8 Å². The zero-order valence-electron chi connectivity index (χ0n) is 13.4. The first-order valence-electron chi connectivity index (χ1n) is 7.64. The summed E-state index contributed by atoms with van der Waals surface area (Å²) >= 11 is 0. The molecule has 1 aliphatic rings. The van der Waals surface area contributed by atoms with Gasteiger partial charge in [0.25, 0.3) is 5.91 Å². The van der Waals surface area contributed by atoms with E-state index in [0.29, 0.717) is 31.7 Å². The Bertz CT molecular complexity index is 568. The highest BCUT2D eigenvalue weighted by Gasteiger charge is 2.28. The summed E-state index contributed by atoms with van der Waals surface area (Å²) in [5, 5.41) is 4.63. The van der Waals surface area contributed by atoms with E-state index in [2.05, 4.69) is 10.6 Å². The fourth-order valence-corrected chi connectivity index (χ4v) is 2.52. The van der Waals surface area contributed by atoms with Crippen molar-refractivity contribution in [2.24, 2.45) is 0 Å². The quantitative estimate of drug-likeness (QED) is 0.839. The number of hydrogen-bond donors (Lipinski definition) is 2. The first-order valence-corrected chi connectivity index (χ1v) is 7.64. The van der Waals surface area contributed by atoms with Crippen molar-refractivity contribution in [3.8, 4) is 0 Å². The Labute approximate surface area is 135 Å². The van der Waals surface area contributed by atoms with E-state index in [1.165, 1.54) is 7.05 Å². The normalized spacial score (nSPS) is 16.5. The Kier molecular flexibility index (Phi) is 5.70. The molecule has 1 atom stereocenters. The van der Waals surface area contributed by atoms with E-state index < -0.39 is 12.1 Å². The standard InChI is InChI=1S/C16H22N4O3/c1-12(14(21)18-16(23)17-2)19-8-10-20(11-9-19)15(22)13-6-4-3-5-7-13/h3-7,12H,8-11H2,1-2H3,(H2,17,18,21,23)/t12-/m1/s1. The van der Waals surface area contributed by atoms with Crippen molar-refractivity contribution in [2.45, 2.75) is 13.0 Å². The lowest BCUT2D eigenvalue weighted by atomic mass is 10.1. The molecule has 4 amide bonds. The highest BCUT2D eigenvalue weighted by atomic mass is 16.2. The van der Waals surface area contributed by atoms with Crippen LogP contribution in [-0.2, 0) is 4.79 Å². The molecule has 0 unspecified atom stereocenters. The molecular formula is C16H22N4O3. The average Bonchev–Trinajstić information content (AvgIpc) is 2.61. The molecule has 124 valence electrons. The fourth-order valence-electron chi connectivity index (χ4n) is 2.52. The highest BCUT2D eigenvalue weighted by molar-refractivity contribution is 5.96. The molecular weight excluding hydrogens is 296 g/mol. The zero-order chi connectivity index (χ0) is 16.8. The maximum absolute atomic E-state index is 12.4. The lowest BCUT2D eigenvalue weighted by Crippen LogP contribution is -2.56. The number of hydrogen-bond acceptors (Lipinski definition) is 4. The second-order valence-electron chi connectivity index (χ2n) is 5.44. The van der Waals surface area contributed by atoms with Crippen molar-refractivity contribution in [2.75, 3.05) is 33.2 Å². The van der Waals surface area contributed by atoms with Gasteiger partial charge in [0.05, 0.1) is 6.04 Å². The van der Waals surface area contributed by atoms with Gasteiger partial charge in [-0.15, -0.1) is 0 Å². The molecule has 0 aromatic heterocycles. The molecule has 1 aliphatic heterocycles. The van der Waals surface area contributed by atoms with Crippen LogP contribution in [0, 0.1) is 0 Å². The van der Waals surface area contributed by atoms with Crippen molar-refractivity contribution in [1.29, 1.82) is 0 Å². The highest BCUT2D eigenvalue weighted by Crippen LogP contribution is 2.11. The van der Waals surface area contributed by atoms with Crippen LogP contribution in [0.15, 0.2) is 30.3 Å². The lowest BCUT2D eigenvalue weighted by Gasteiger charge is -2.37. The summed E-state index contributed by atoms with van der Waals surface area (Å²) in [5.74, 6) is -0.333. The van der Waals surface area contributed by atoms with Gasteiger partial charge in [-0.1, -0.05) is 18.2 Å². The molecule has 0 aliphatic carbocycles. The summed E-state index contributed by atoms with van der Waals surface area (Å²) in [6.45, 7) is 4.07. The van der Waals surface area contributed by atoms with Gasteiger partial charge in [-0.05, 0) is 19.1 Å². The number of carbonyl (C=O) groups is 3. The molecule has 7 heteroatoms. The van der Waals surface area contributed by atoms with E-state index >= 15 is 0 Å². The summed E-state index contributed by atoms with van der Waals surface area (Å²) in [6, 6.07) is 8.23. The predicted molar refractivity (Wildman–Crippen MR) is 86.0 cm³/mol. The van der Waals surface area contributed by atoms with Crippen LogP contribution >= 0.6 is 0 Å². The number of carbonyl (C=O) groups excluding carboxylic acids is 3. The van der Waals surface area contributed by atoms with Gasteiger partial charge in [-0.2, -0.15) is 0 Å². The minimum atomic E-state index is -0.514. The SMILES string of the molecule is CNC(=O)NC(=O)[C@@H](C)N1CCN(C(=O)c2ccccc2)CC1. The van der Waals surface area contributed by atoms with E-state index in [9.17, 15) is 14.4 Å². The van der Waals surface area contributed by atoms with E-state index in [1.54, 1.807) is 24.0 Å². The number of urea groups is 1. The minimum Gasteiger partial charge on any atom is -0.341 e. The number of nitrogens with zero attached hydrogens (tertiary/aromatic N) is 2. The van der Waals surface area contributed by atoms with E-state index in [-0.39, 0.29) is 11.8 Å². The molecule has 0 bridgehead atoms. The Morgan fingerprint density at radius 1 is 1.04 bits per heavy atom. The Morgan fingerprint density at radius 2 is 1.65 bits per heavy atom. The molecule has 0 radical (unpaired) electrons. The molecule has 1 fully saturated rings. The number of piperazine rings is 1. The second kappa shape index (κ2) is 7.73. The van der Waals surface area contributed by atoms with Gasteiger partial charge >= 0.3 is 6.03 Å². The number of rotatable bonds is 3. The van der Waals surface area contributed by atoms with Crippen LogP contribution < -0.4 is 10.6 Å². The van der Waals surface area contributed by atoms with Gasteiger partial charge < -0.3 is 10.2 Å². The monoisotopic (exact) mass is 318 g/mol. The summed E-state index contributed by atoms with van der Waals surface area (Å²) in [7, 11) is 1.46. The van der Waals surface area contributed by atoms with Gasteiger partial charge in [-0.25, -0.2) is 4.79 Å². The Balaban J connectivity index is 1.87. The van der Waals surface area contributed by atoms with Crippen LogP contribution in [0.5, 0.6) is 0 Å². The van der Waals surface area contributed by atoms with E-state index in [4.69, 9.17) is 0 Å².